The van der Waals surface area contributed by atoms with E-state index >= 15 is 0 Å². The molecule has 0 atom stereocenters. The molecule has 1 aromatic carbocycles. The standard InChI is InChI=1S/C12H7Cl2N5OS/c13-6-4-7(14)10-11(19-21-18-10)9(6)17-12(20)8-3-5(15)1-2-16-8/h1-4H,(H2,15,16)(H,17,20). The second-order valence-corrected chi connectivity index (χ2v) is 5.45. The number of aromatic nitrogens is 3. The van der Waals surface area contributed by atoms with Crippen LogP contribution in [0.25, 0.3) is 11.0 Å². The second kappa shape index (κ2) is 5.44. The molecule has 3 N–H and O–H groups in total. The molecule has 0 bridgehead atoms. The first kappa shape index (κ1) is 14.0. The number of carbonyl (C=O) groups excluding carboxylic acids is 1. The van der Waals surface area contributed by atoms with Gasteiger partial charge in [0.1, 0.15) is 16.7 Å². The molecule has 6 nitrogen and oxygen atoms in total. The molecule has 106 valence electrons. The number of anilines is 2. The second-order valence-electron chi connectivity index (χ2n) is 4.11. The molecule has 0 aliphatic heterocycles. The smallest absolute Gasteiger partial charge is 0.274 e. The van der Waals surface area contributed by atoms with Gasteiger partial charge in [0, 0.05) is 11.9 Å². The summed E-state index contributed by atoms with van der Waals surface area (Å²) < 4.78 is 8.17. The molecule has 2 aromatic heterocycles. The van der Waals surface area contributed by atoms with Gasteiger partial charge >= 0.3 is 0 Å². The Hall–Kier alpha value is -1.96. The van der Waals surface area contributed by atoms with Gasteiger partial charge in [0.25, 0.3) is 5.91 Å². The summed E-state index contributed by atoms with van der Waals surface area (Å²) in [6.45, 7) is 0. The van der Waals surface area contributed by atoms with Gasteiger partial charge < -0.3 is 11.1 Å². The van der Waals surface area contributed by atoms with E-state index < -0.39 is 5.91 Å². The number of hydrogen-bond donors (Lipinski definition) is 2. The summed E-state index contributed by atoms with van der Waals surface area (Å²) in [5.74, 6) is -0.444. The Labute approximate surface area is 133 Å². The third-order valence-electron chi connectivity index (χ3n) is 2.70. The molecule has 1 amide bonds. The van der Waals surface area contributed by atoms with Crippen LogP contribution in [-0.2, 0) is 0 Å². The quantitative estimate of drug-likeness (QED) is 0.747. The van der Waals surface area contributed by atoms with Crippen molar-refractivity contribution < 1.29 is 4.79 Å². The number of fused-ring (bicyclic) bond motifs is 1. The fraction of sp³-hybridized carbons (Fsp3) is 0. The Morgan fingerprint density at radius 1 is 1.19 bits per heavy atom. The fourth-order valence-electron chi connectivity index (χ4n) is 1.74. The number of hydrogen-bond acceptors (Lipinski definition) is 6. The average Bonchev–Trinajstić information content (AvgIpc) is 2.93. The zero-order valence-electron chi connectivity index (χ0n) is 10.3. The lowest BCUT2D eigenvalue weighted by Crippen LogP contribution is -2.14. The van der Waals surface area contributed by atoms with Gasteiger partial charge in [-0.3, -0.25) is 9.78 Å². The molecular weight excluding hydrogens is 333 g/mol. The van der Waals surface area contributed by atoms with Crippen molar-refractivity contribution in [1.82, 2.24) is 13.7 Å². The number of rotatable bonds is 2. The maximum absolute atomic E-state index is 12.2. The van der Waals surface area contributed by atoms with Gasteiger partial charge in [-0.25, -0.2) is 0 Å². The highest BCUT2D eigenvalue weighted by molar-refractivity contribution is 7.00. The molecule has 0 aliphatic rings. The van der Waals surface area contributed by atoms with E-state index in [4.69, 9.17) is 28.9 Å². The van der Waals surface area contributed by atoms with Crippen molar-refractivity contribution >= 4 is 63.2 Å². The lowest BCUT2D eigenvalue weighted by atomic mass is 10.2. The topological polar surface area (TPSA) is 93.8 Å². The van der Waals surface area contributed by atoms with Crippen LogP contribution in [0.5, 0.6) is 0 Å². The van der Waals surface area contributed by atoms with E-state index in [9.17, 15) is 4.79 Å². The zero-order chi connectivity index (χ0) is 15.0. The summed E-state index contributed by atoms with van der Waals surface area (Å²) in [6, 6.07) is 4.57. The third-order valence-corrected chi connectivity index (χ3v) is 3.81. The van der Waals surface area contributed by atoms with Crippen LogP contribution in [0, 0.1) is 0 Å². The number of nitrogens with one attached hydrogen (secondary N) is 1. The summed E-state index contributed by atoms with van der Waals surface area (Å²) in [7, 11) is 0. The maximum Gasteiger partial charge on any atom is 0.274 e. The van der Waals surface area contributed by atoms with Gasteiger partial charge in [-0.2, -0.15) is 8.75 Å². The van der Waals surface area contributed by atoms with Crippen LogP contribution in [-0.4, -0.2) is 19.6 Å². The number of pyridine rings is 1. The van der Waals surface area contributed by atoms with Crippen LogP contribution < -0.4 is 11.1 Å². The van der Waals surface area contributed by atoms with Crippen LogP contribution in [0.3, 0.4) is 0 Å². The highest BCUT2D eigenvalue weighted by atomic mass is 35.5. The Bertz CT molecular complexity index is 851. The first-order chi connectivity index (χ1) is 10.1. The highest BCUT2D eigenvalue weighted by Gasteiger charge is 2.17. The Morgan fingerprint density at radius 3 is 2.71 bits per heavy atom. The zero-order valence-corrected chi connectivity index (χ0v) is 12.6. The fourth-order valence-corrected chi connectivity index (χ4v) is 2.90. The van der Waals surface area contributed by atoms with Crippen molar-refractivity contribution in [3.8, 4) is 0 Å². The van der Waals surface area contributed by atoms with Crippen molar-refractivity contribution in [3.05, 3.63) is 40.1 Å². The SMILES string of the molecule is Nc1ccnc(C(=O)Nc2c(Cl)cc(Cl)c3nsnc23)c1. The van der Waals surface area contributed by atoms with Gasteiger partial charge in [0.2, 0.25) is 0 Å². The number of halogens is 2. The Kier molecular flexibility index (Phi) is 3.62. The molecular formula is C12H7Cl2N5OS. The van der Waals surface area contributed by atoms with E-state index in [1.165, 1.54) is 18.3 Å². The summed E-state index contributed by atoms with van der Waals surface area (Å²) in [5, 5.41) is 3.32. The van der Waals surface area contributed by atoms with Crippen LogP contribution >= 0.6 is 34.9 Å². The summed E-state index contributed by atoms with van der Waals surface area (Å²) in [5.41, 5.74) is 7.52. The van der Waals surface area contributed by atoms with E-state index in [-0.39, 0.29) is 10.7 Å². The van der Waals surface area contributed by atoms with Crippen molar-refractivity contribution in [2.24, 2.45) is 0 Å². The molecule has 0 radical (unpaired) electrons. The van der Waals surface area contributed by atoms with E-state index in [1.54, 1.807) is 6.07 Å². The lowest BCUT2D eigenvalue weighted by molar-refractivity contribution is 0.102. The number of nitrogens with two attached hydrogens (primary N) is 1. The van der Waals surface area contributed by atoms with Crippen LogP contribution in [0.1, 0.15) is 10.5 Å². The van der Waals surface area contributed by atoms with E-state index in [1.807, 2.05) is 0 Å². The van der Waals surface area contributed by atoms with Crippen molar-refractivity contribution in [1.29, 1.82) is 0 Å². The molecule has 2 heterocycles. The van der Waals surface area contributed by atoms with Gasteiger partial charge in [0.15, 0.2) is 0 Å². The minimum atomic E-state index is -0.444. The van der Waals surface area contributed by atoms with Crippen LogP contribution in [0.2, 0.25) is 10.0 Å². The van der Waals surface area contributed by atoms with E-state index in [0.717, 1.165) is 11.7 Å². The van der Waals surface area contributed by atoms with Gasteiger partial charge in [-0.15, -0.1) is 0 Å². The third kappa shape index (κ3) is 2.63. The predicted molar refractivity (Wildman–Crippen MR) is 84.0 cm³/mol. The van der Waals surface area contributed by atoms with E-state index in [2.05, 4.69) is 19.0 Å². The molecule has 0 spiro atoms. The van der Waals surface area contributed by atoms with Gasteiger partial charge in [0.05, 0.1) is 27.5 Å². The lowest BCUT2D eigenvalue weighted by Gasteiger charge is -2.08. The largest absolute Gasteiger partial charge is 0.399 e. The first-order valence-corrected chi connectivity index (χ1v) is 7.18. The number of amides is 1. The molecule has 9 heteroatoms. The molecule has 0 saturated heterocycles. The van der Waals surface area contributed by atoms with Crippen molar-refractivity contribution in [2.75, 3.05) is 11.1 Å². The Balaban J connectivity index is 2.02. The first-order valence-electron chi connectivity index (χ1n) is 5.69. The van der Waals surface area contributed by atoms with E-state index in [0.29, 0.717) is 27.4 Å². The molecule has 0 aliphatic carbocycles. The molecule has 3 rings (SSSR count). The number of nitrogen functional groups attached to an aromatic ring is 1. The molecule has 0 fully saturated rings. The number of nitrogens with zero attached hydrogens (tertiary/aromatic N) is 3. The van der Waals surface area contributed by atoms with Crippen molar-refractivity contribution in [2.45, 2.75) is 0 Å². The van der Waals surface area contributed by atoms with Crippen LogP contribution in [0.15, 0.2) is 24.4 Å². The molecule has 0 saturated carbocycles. The highest BCUT2D eigenvalue weighted by Crippen LogP contribution is 2.35. The predicted octanol–water partition coefficient (Wildman–Crippen LogP) is 3.23. The van der Waals surface area contributed by atoms with Gasteiger partial charge in [-0.05, 0) is 18.2 Å². The minimum absolute atomic E-state index is 0.178. The van der Waals surface area contributed by atoms with Crippen molar-refractivity contribution in [3.63, 3.8) is 0 Å². The number of carbonyl (C=O) groups is 1. The molecule has 0 unspecified atom stereocenters. The molecule has 21 heavy (non-hydrogen) atoms. The van der Waals surface area contributed by atoms with Crippen LogP contribution in [0.4, 0.5) is 11.4 Å². The normalized spacial score (nSPS) is 10.8. The maximum atomic E-state index is 12.2. The monoisotopic (exact) mass is 339 g/mol. The molecule has 3 aromatic rings. The Morgan fingerprint density at radius 2 is 1.95 bits per heavy atom. The summed E-state index contributed by atoms with van der Waals surface area (Å²) >= 11 is 13.1. The average molecular weight is 340 g/mol. The summed E-state index contributed by atoms with van der Waals surface area (Å²) in [6.07, 6.45) is 1.45. The minimum Gasteiger partial charge on any atom is -0.399 e. The number of benzene rings is 1. The summed E-state index contributed by atoms with van der Waals surface area (Å²) in [4.78, 5) is 16.2. The van der Waals surface area contributed by atoms with Gasteiger partial charge in [-0.1, -0.05) is 23.2 Å².